The number of carbonyl (C=O) groups excluding carboxylic acids is 1. The lowest BCUT2D eigenvalue weighted by atomic mass is 9.83. The van der Waals surface area contributed by atoms with Crippen LogP contribution in [-0.2, 0) is 5.41 Å². The SMILES string of the molecule is CC(C)(C)c1ccc(C(=O)C(c2ccccc2)c2ccccc2)cc1. The van der Waals surface area contributed by atoms with Crippen LogP contribution in [0.4, 0.5) is 0 Å². The molecule has 126 valence electrons. The van der Waals surface area contributed by atoms with Gasteiger partial charge in [-0.15, -0.1) is 0 Å². The molecule has 25 heavy (non-hydrogen) atoms. The van der Waals surface area contributed by atoms with Gasteiger partial charge in [0.1, 0.15) is 0 Å². The normalized spacial score (nSPS) is 11.5. The van der Waals surface area contributed by atoms with Crippen molar-refractivity contribution >= 4 is 5.78 Å². The van der Waals surface area contributed by atoms with E-state index >= 15 is 0 Å². The van der Waals surface area contributed by atoms with Gasteiger partial charge in [-0.3, -0.25) is 4.79 Å². The zero-order chi connectivity index (χ0) is 17.9. The van der Waals surface area contributed by atoms with Crippen LogP contribution in [0.1, 0.15) is 53.7 Å². The molecule has 1 heteroatoms. The average Bonchev–Trinajstić information content (AvgIpc) is 2.63. The minimum atomic E-state index is -0.275. The Hall–Kier alpha value is -2.67. The van der Waals surface area contributed by atoms with Crippen molar-refractivity contribution in [3.8, 4) is 0 Å². The number of ketones is 1. The van der Waals surface area contributed by atoms with Gasteiger partial charge < -0.3 is 0 Å². The van der Waals surface area contributed by atoms with Gasteiger partial charge in [0.2, 0.25) is 0 Å². The van der Waals surface area contributed by atoms with Crippen LogP contribution in [-0.4, -0.2) is 5.78 Å². The average molecular weight is 328 g/mol. The van der Waals surface area contributed by atoms with Crippen molar-refractivity contribution in [3.05, 3.63) is 107 Å². The zero-order valence-electron chi connectivity index (χ0n) is 15.1. The first-order valence-electron chi connectivity index (χ1n) is 8.71. The second kappa shape index (κ2) is 7.06. The van der Waals surface area contributed by atoms with Crippen LogP contribution in [0, 0.1) is 0 Å². The fourth-order valence-corrected chi connectivity index (χ4v) is 3.09. The molecule has 3 aromatic rings. The van der Waals surface area contributed by atoms with Gasteiger partial charge in [-0.1, -0.05) is 106 Å². The molecule has 0 spiro atoms. The lowest BCUT2D eigenvalue weighted by Crippen LogP contribution is -2.16. The largest absolute Gasteiger partial charge is 0.293 e. The molecule has 3 aromatic carbocycles. The van der Waals surface area contributed by atoms with Crippen LogP contribution < -0.4 is 0 Å². The molecule has 3 rings (SSSR count). The Kier molecular flexibility index (Phi) is 4.85. The van der Waals surface area contributed by atoms with Crippen LogP contribution in [0.25, 0.3) is 0 Å². The third-order valence-electron chi connectivity index (χ3n) is 4.56. The maximum absolute atomic E-state index is 13.3. The quantitative estimate of drug-likeness (QED) is 0.537. The molecule has 0 saturated carbocycles. The van der Waals surface area contributed by atoms with Gasteiger partial charge in [0.05, 0.1) is 5.92 Å². The summed E-state index contributed by atoms with van der Waals surface area (Å²) < 4.78 is 0. The van der Waals surface area contributed by atoms with Crippen LogP contribution in [0.15, 0.2) is 84.9 Å². The predicted octanol–water partition coefficient (Wildman–Crippen LogP) is 6.00. The van der Waals surface area contributed by atoms with Crippen molar-refractivity contribution in [2.75, 3.05) is 0 Å². The van der Waals surface area contributed by atoms with Gasteiger partial charge in [0, 0.05) is 5.56 Å². The third kappa shape index (κ3) is 3.88. The van der Waals surface area contributed by atoms with E-state index in [1.165, 1.54) is 5.56 Å². The number of hydrogen-bond donors (Lipinski definition) is 0. The Morgan fingerprint density at radius 2 is 1.12 bits per heavy atom. The molecule has 0 aliphatic rings. The van der Waals surface area contributed by atoms with E-state index in [1.807, 2.05) is 72.8 Å². The summed E-state index contributed by atoms with van der Waals surface area (Å²) in [5.74, 6) is -0.138. The molecule has 0 atom stereocenters. The van der Waals surface area contributed by atoms with E-state index in [9.17, 15) is 4.79 Å². The van der Waals surface area contributed by atoms with E-state index in [0.717, 1.165) is 16.7 Å². The van der Waals surface area contributed by atoms with E-state index in [4.69, 9.17) is 0 Å². The lowest BCUT2D eigenvalue weighted by molar-refractivity contribution is 0.0974. The minimum Gasteiger partial charge on any atom is -0.293 e. The van der Waals surface area contributed by atoms with Gasteiger partial charge in [-0.25, -0.2) is 0 Å². The number of Topliss-reactive ketones (excluding diaryl/α,β-unsaturated/α-hetero) is 1. The molecule has 0 aromatic heterocycles. The number of carbonyl (C=O) groups is 1. The van der Waals surface area contributed by atoms with E-state index in [-0.39, 0.29) is 17.1 Å². The van der Waals surface area contributed by atoms with Crippen molar-refractivity contribution in [1.82, 2.24) is 0 Å². The maximum Gasteiger partial charge on any atom is 0.174 e. The van der Waals surface area contributed by atoms with Gasteiger partial charge >= 0.3 is 0 Å². The maximum atomic E-state index is 13.3. The predicted molar refractivity (Wildman–Crippen MR) is 104 cm³/mol. The molecule has 0 bridgehead atoms. The van der Waals surface area contributed by atoms with Crippen molar-refractivity contribution in [2.24, 2.45) is 0 Å². The lowest BCUT2D eigenvalue weighted by Gasteiger charge is -2.20. The molecular weight excluding hydrogens is 304 g/mol. The Morgan fingerprint density at radius 1 is 0.680 bits per heavy atom. The third-order valence-corrected chi connectivity index (χ3v) is 4.56. The topological polar surface area (TPSA) is 17.1 Å². The summed E-state index contributed by atoms with van der Waals surface area (Å²) >= 11 is 0. The van der Waals surface area contributed by atoms with Crippen LogP contribution in [0.2, 0.25) is 0 Å². The van der Waals surface area contributed by atoms with E-state index < -0.39 is 0 Å². The van der Waals surface area contributed by atoms with Crippen LogP contribution in [0.3, 0.4) is 0 Å². The fraction of sp³-hybridized carbons (Fsp3) is 0.208. The van der Waals surface area contributed by atoms with Crippen molar-refractivity contribution < 1.29 is 4.79 Å². The van der Waals surface area contributed by atoms with E-state index in [0.29, 0.717) is 0 Å². The van der Waals surface area contributed by atoms with E-state index in [1.54, 1.807) is 0 Å². The molecule has 0 amide bonds. The zero-order valence-corrected chi connectivity index (χ0v) is 15.1. The van der Waals surface area contributed by atoms with E-state index in [2.05, 4.69) is 32.9 Å². The second-order valence-corrected chi connectivity index (χ2v) is 7.45. The molecule has 0 N–H and O–H groups in total. The first kappa shape index (κ1) is 17.2. The number of benzene rings is 3. The molecule has 0 heterocycles. The van der Waals surface area contributed by atoms with Gasteiger partial charge in [0.15, 0.2) is 5.78 Å². The fourth-order valence-electron chi connectivity index (χ4n) is 3.09. The highest BCUT2D eigenvalue weighted by molar-refractivity contribution is 6.03. The highest BCUT2D eigenvalue weighted by Gasteiger charge is 2.24. The Morgan fingerprint density at radius 3 is 1.52 bits per heavy atom. The monoisotopic (exact) mass is 328 g/mol. The molecular formula is C24H24O. The molecule has 0 fully saturated rings. The standard InChI is InChI=1S/C24H24O/c1-24(2,3)21-16-14-20(15-17-21)23(25)22(18-10-6-4-7-11-18)19-12-8-5-9-13-19/h4-17,22H,1-3H3. The number of hydrogen-bond acceptors (Lipinski definition) is 1. The summed E-state index contributed by atoms with van der Waals surface area (Å²) in [5, 5.41) is 0. The summed E-state index contributed by atoms with van der Waals surface area (Å²) in [6.07, 6.45) is 0. The van der Waals surface area contributed by atoms with Gasteiger partial charge in [-0.05, 0) is 22.1 Å². The molecule has 0 unspecified atom stereocenters. The Balaban J connectivity index is 2.00. The summed E-state index contributed by atoms with van der Waals surface area (Å²) in [5.41, 5.74) is 4.13. The van der Waals surface area contributed by atoms with Crippen LogP contribution >= 0.6 is 0 Å². The highest BCUT2D eigenvalue weighted by atomic mass is 16.1. The van der Waals surface area contributed by atoms with Crippen molar-refractivity contribution in [3.63, 3.8) is 0 Å². The highest BCUT2D eigenvalue weighted by Crippen LogP contribution is 2.29. The molecule has 0 aliphatic carbocycles. The minimum absolute atomic E-state index is 0.0832. The molecule has 0 aliphatic heterocycles. The van der Waals surface area contributed by atoms with Gasteiger partial charge in [0.25, 0.3) is 0 Å². The van der Waals surface area contributed by atoms with Crippen LogP contribution in [0.5, 0.6) is 0 Å². The molecule has 1 nitrogen and oxygen atoms in total. The Bertz CT molecular complexity index is 785. The summed E-state index contributed by atoms with van der Waals surface area (Å²) in [6.45, 7) is 6.54. The van der Waals surface area contributed by atoms with Crippen molar-refractivity contribution in [1.29, 1.82) is 0 Å². The first-order valence-corrected chi connectivity index (χ1v) is 8.71. The molecule has 0 saturated heterocycles. The van der Waals surface area contributed by atoms with Crippen molar-refractivity contribution in [2.45, 2.75) is 32.1 Å². The summed E-state index contributed by atoms with van der Waals surface area (Å²) in [7, 11) is 0. The first-order chi connectivity index (χ1) is 12.0. The second-order valence-electron chi connectivity index (χ2n) is 7.45. The molecule has 0 radical (unpaired) electrons. The summed E-state index contributed by atoms with van der Waals surface area (Å²) in [4.78, 5) is 13.3. The summed E-state index contributed by atoms with van der Waals surface area (Å²) in [6, 6.07) is 28.1. The van der Waals surface area contributed by atoms with Gasteiger partial charge in [-0.2, -0.15) is 0 Å². The smallest absolute Gasteiger partial charge is 0.174 e. The Labute approximate surface area is 150 Å². The number of rotatable bonds is 4.